The van der Waals surface area contributed by atoms with Crippen molar-refractivity contribution in [3.63, 3.8) is 0 Å². The number of benzene rings is 1. The smallest absolute Gasteiger partial charge is 0.410 e. The summed E-state index contributed by atoms with van der Waals surface area (Å²) in [5, 5.41) is 1.50. The van der Waals surface area contributed by atoms with Gasteiger partial charge in [0.15, 0.2) is 5.75 Å². The van der Waals surface area contributed by atoms with Crippen LogP contribution < -0.4 is 9.64 Å². The lowest BCUT2D eigenvalue weighted by Crippen LogP contribution is -2.62. The van der Waals surface area contributed by atoms with Crippen molar-refractivity contribution in [2.24, 2.45) is 5.41 Å². The van der Waals surface area contributed by atoms with Crippen molar-refractivity contribution in [1.82, 2.24) is 19.8 Å². The van der Waals surface area contributed by atoms with E-state index in [4.69, 9.17) is 31.0 Å². The second kappa shape index (κ2) is 10.0. The quantitative estimate of drug-likeness (QED) is 0.451. The average molecular weight is 595 g/mol. The van der Waals surface area contributed by atoms with E-state index in [9.17, 15) is 4.79 Å². The van der Waals surface area contributed by atoms with Crippen molar-refractivity contribution in [1.29, 1.82) is 0 Å². The predicted octanol–water partition coefficient (Wildman–Crippen LogP) is 5.70. The van der Waals surface area contributed by atoms with E-state index >= 15 is 0 Å². The SMILES string of the molecule is COc1c(Br)c(Cl)cc2c(N3CCC4(CC3)CN(C(=O)OC(C)(C)C)C4)nc(C3CCN(C)CC3)nc12. The molecule has 0 unspecified atom stereocenters. The van der Waals surface area contributed by atoms with Crippen LogP contribution in [0.4, 0.5) is 10.6 Å². The number of hydrogen-bond acceptors (Lipinski definition) is 7. The summed E-state index contributed by atoms with van der Waals surface area (Å²) in [6.07, 6.45) is 3.88. The van der Waals surface area contributed by atoms with Crippen molar-refractivity contribution in [3.8, 4) is 5.75 Å². The van der Waals surface area contributed by atoms with Crippen LogP contribution in [0.15, 0.2) is 10.5 Å². The third kappa shape index (κ3) is 5.36. The van der Waals surface area contributed by atoms with Gasteiger partial charge in [0.2, 0.25) is 0 Å². The number of amides is 1. The van der Waals surface area contributed by atoms with Gasteiger partial charge in [-0.2, -0.15) is 0 Å². The number of fused-ring (bicyclic) bond motifs is 1. The predicted molar refractivity (Wildman–Crippen MR) is 150 cm³/mol. The lowest BCUT2D eigenvalue weighted by atomic mass is 9.72. The van der Waals surface area contributed by atoms with Crippen LogP contribution in [0.3, 0.4) is 0 Å². The normalized spacial score (nSPS) is 20.8. The Morgan fingerprint density at radius 3 is 2.38 bits per heavy atom. The van der Waals surface area contributed by atoms with E-state index in [0.29, 0.717) is 16.7 Å². The number of methoxy groups -OCH3 is 1. The van der Waals surface area contributed by atoms with E-state index in [1.807, 2.05) is 31.7 Å². The molecule has 5 rings (SSSR count). The van der Waals surface area contributed by atoms with E-state index < -0.39 is 5.60 Å². The van der Waals surface area contributed by atoms with Crippen LogP contribution in [0.1, 0.15) is 58.2 Å². The number of anilines is 1. The highest BCUT2D eigenvalue weighted by Crippen LogP contribution is 2.45. The largest absolute Gasteiger partial charge is 0.493 e. The monoisotopic (exact) mass is 593 g/mol. The summed E-state index contributed by atoms with van der Waals surface area (Å²) in [5.41, 5.74) is 0.489. The second-order valence-electron chi connectivity index (χ2n) is 11.9. The fourth-order valence-electron chi connectivity index (χ4n) is 5.79. The minimum absolute atomic E-state index is 0.158. The lowest BCUT2D eigenvalue weighted by molar-refractivity contribution is -0.0434. The summed E-state index contributed by atoms with van der Waals surface area (Å²) >= 11 is 10.2. The Morgan fingerprint density at radius 1 is 1.14 bits per heavy atom. The first-order valence-corrected chi connectivity index (χ1v) is 14.3. The molecule has 3 saturated heterocycles. The molecule has 1 amide bonds. The molecule has 0 bridgehead atoms. The highest BCUT2D eigenvalue weighted by atomic mass is 79.9. The zero-order chi connectivity index (χ0) is 26.5. The molecule has 3 aliphatic heterocycles. The Kier molecular flexibility index (Phi) is 7.26. The first kappa shape index (κ1) is 26.8. The summed E-state index contributed by atoms with van der Waals surface area (Å²) in [6.45, 7) is 11.1. The third-order valence-electron chi connectivity index (χ3n) is 7.95. The van der Waals surface area contributed by atoms with Gasteiger partial charge in [0, 0.05) is 42.9 Å². The van der Waals surface area contributed by atoms with Gasteiger partial charge in [-0.25, -0.2) is 14.8 Å². The number of likely N-dealkylation sites (tertiary alicyclic amines) is 2. The van der Waals surface area contributed by atoms with Crippen LogP contribution in [-0.2, 0) is 4.74 Å². The summed E-state index contributed by atoms with van der Waals surface area (Å²) in [5.74, 6) is 2.80. The Bertz CT molecular complexity index is 1180. The van der Waals surface area contributed by atoms with Crippen molar-refractivity contribution >= 4 is 50.3 Å². The molecule has 8 nitrogen and oxygen atoms in total. The zero-order valence-corrected chi connectivity index (χ0v) is 24.8. The maximum Gasteiger partial charge on any atom is 0.410 e. The van der Waals surface area contributed by atoms with Gasteiger partial charge in [0.1, 0.15) is 22.8 Å². The molecule has 0 aliphatic carbocycles. The number of carbonyl (C=O) groups is 1. The minimum Gasteiger partial charge on any atom is -0.493 e. The molecule has 0 saturated carbocycles. The molecule has 202 valence electrons. The number of carbonyl (C=O) groups excluding carboxylic acids is 1. The second-order valence-corrected chi connectivity index (χ2v) is 13.1. The summed E-state index contributed by atoms with van der Waals surface area (Å²) in [4.78, 5) is 29.3. The van der Waals surface area contributed by atoms with Gasteiger partial charge < -0.3 is 24.2 Å². The zero-order valence-electron chi connectivity index (χ0n) is 22.4. The fraction of sp³-hybridized carbons (Fsp3) is 0.667. The number of piperidine rings is 2. The molecule has 0 atom stereocenters. The summed E-state index contributed by atoms with van der Waals surface area (Å²) < 4.78 is 12.1. The van der Waals surface area contributed by atoms with Gasteiger partial charge in [-0.15, -0.1) is 0 Å². The molecule has 4 heterocycles. The van der Waals surface area contributed by atoms with Crippen LogP contribution in [0.5, 0.6) is 5.75 Å². The van der Waals surface area contributed by atoms with E-state index in [-0.39, 0.29) is 11.5 Å². The Morgan fingerprint density at radius 2 is 1.78 bits per heavy atom. The molecule has 3 fully saturated rings. The Hall–Kier alpha value is -1.84. The van der Waals surface area contributed by atoms with Gasteiger partial charge in [-0.05, 0) is 88.6 Å². The van der Waals surface area contributed by atoms with Gasteiger partial charge >= 0.3 is 6.09 Å². The maximum absolute atomic E-state index is 12.5. The summed E-state index contributed by atoms with van der Waals surface area (Å²) in [6, 6.07) is 1.95. The molecule has 10 heteroatoms. The van der Waals surface area contributed by atoms with Crippen LogP contribution >= 0.6 is 27.5 Å². The molecule has 0 N–H and O–H groups in total. The van der Waals surface area contributed by atoms with Crippen molar-refractivity contribution in [2.75, 3.05) is 58.3 Å². The molecule has 2 aromatic rings. The fourth-order valence-corrected chi connectivity index (χ4v) is 6.45. The molecule has 1 spiro atoms. The molecule has 3 aliphatic rings. The minimum atomic E-state index is -0.472. The van der Waals surface area contributed by atoms with E-state index in [1.54, 1.807) is 7.11 Å². The molecule has 1 aromatic carbocycles. The number of ether oxygens (including phenoxy) is 2. The van der Waals surface area contributed by atoms with E-state index in [0.717, 1.165) is 92.0 Å². The maximum atomic E-state index is 12.5. The highest BCUT2D eigenvalue weighted by molar-refractivity contribution is 9.10. The molecule has 37 heavy (non-hydrogen) atoms. The first-order chi connectivity index (χ1) is 17.5. The Balaban J connectivity index is 1.40. The number of nitrogens with zero attached hydrogens (tertiary/aromatic N) is 5. The third-order valence-corrected chi connectivity index (χ3v) is 9.27. The van der Waals surface area contributed by atoms with Crippen LogP contribution in [0, 0.1) is 5.41 Å². The van der Waals surface area contributed by atoms with E-state index in [2.05, 4.69) is 32.8 Å². The molecular formula is C27H37BrClN5O3. The van der Waals surface area contributed by atoms with Gasteiger partial charge in [-0.1, -0.05) is 11.6 Å². The van der Waals surface area contributed by atoms with Crippen LogP contribution in [0.25, 0.3) is 10.9 Å². The van der Waals surface area contributed by atoms with Crippen molar-refractivity contribution in [3.05, 3.63) is 21.4 Å². The molecular weight excluding hydrogens is 558 g/mol. The number of halogens is 2. The lowest BCUT2D eigenvalue weighted by Gasteiger charge is -2.53. The number of aromatic nitrogens is 2. The Labute approximate surface area is 232 Å². The number of hydrogen-bond donors (Lipinski definition) is 0. The van der Waals surface area contributed by atoms with Crippen LogP contribution in [-0.4, -0.2) is 84.9 Å². The molecule has 0 radical (unpaired) electrons. The first-order valence-electron chi connectivity index (χ1n) is 13.1. The topological polar surface area (TPSA) is 71.0 Å². The van der Waals surface area contributed by atoms with E-state index in [1.165, 1.54) is 0 Å². The standard InChI is InChI=1S/C27H37BrClN5O3/c1-26(2,3)37-25(35)34-15-27(16-34)8-12-33(13-9-27)24-18-14-19(29)20(28)22(36-5)21(18)30-23(31-24)17-6-10-32(4)11-7-17/h14,17H,6-13,15-16H2,1-5H3. The highest BCUT2D eigenvalue weighted by Gasteiger charge is 2.48. The van der Waals surface area contributed by atoms with Gasteiger partial charge in [0.05, 0.1) is 16.6 Å². The molecule has 1 aromatic heterocycles. The van der Waals surface area contributed by atoms with Crippen molar-refractivity contribution in [2.45, 2.75) is 58.0 Å². The summed E-state index contributed by atoms with van der Waals surface area (Å²) in [7, 11) is 3.82. The van der Waals surface area contributed by atoms with Crippen molar-refractivity contribution < 1.29 is 14.3 Å². The van der Waals surface area contributed by atoms with Gasteiger partial charge in [0.25, 0.3) is 0 Å². The van der Waals surface area contributed by atoms with Crippen LogP contribution in [0.2, 0.25) is 5.02 Å². The van der Waals surface area contributed by atoms with Gasteiger partial charge in [-0.3, -0.25) is 0 Å². The average Bonchev–Trinajstić information content (AvgIpc) is 2.82. The number of rotatable bonds is 3.